The van der Waals surface area contributed by atoms with Crippen molar-refractivity contribution >= 4 is 17.4 Å². The maximum atomic E-state index is 13.9. The normalized spacial score (nSPS) is 28.9. The highest BCUT2D eigenvalue weighted by molar-refractivity contribution is 6.30. The molecule has 5 heteroatoms. The molecule has 1 aromatic rings. The fourth-order valence-corrected chi connectivity index (χ4v) is 4.34. The lowest BCUT2D eigenvalue weighted by Crippen LogP contribution is -2.44. The molecular formula is C18H24ClFN2O. The molecule has 0 unspecified atom stereocenters. The van der Waals surface area contributed by atoms with Gasteiger partial charge in [-0.1, -0.05) is 24.6 Å². The maximum absolute atomic E-state index is 13.9. The van der Waals surface area contributed by atoms with Crippen LogP contribution in [0.4, 0.5) is 4.39 Å². The summed E-state index contributed by atoms with van der Waals surface area (Å²) in [7, 11) is 0. The molecule has 1 aromatic carbocycles. The Morgan fingerprint density at radius 2 is 2.09 bits per heavy atom. The number of piperidine rings is 1. The van der Waals surface area contributed by atoms with Crippen molar-refractivity contribution in [3.8, 4) is 0 Å². The van der Waals surface area contributed by atoms with E-state index < -0.39 is 11.2 Å². The van der Waals surface area contributed by atoms with E-state index in [1.807, 2.05) is 6.07 Å². The van der Waals surface area contributed by atoms with E-state index in [9.17, 15) is 9.18 Å². The molecule has 0 aliphatic carbocycles. The van der Waals surface area contributed by atoms with Crippen molar-refractivity contribution in [1.29, 1.82) is 0 Å². The van der Waals surface area contributed by atoms with Crippen molar-refractivity contribution in [3.05, 3.63) is 34.6 Å². The molecule has 0 spiro atoms. The van der Waals surface area contributed by atoms with E-state index in [4.69, 9.17) is 11.6 Å². The van der Waals surface area contributed by atoms with Crippen LogP contribution in [0.3, 0.4) is 0 Å². The van der Waals surface area contributed by atoms with Gasteiger partial charge in [0.05, 0.1) is 5.02 Å². The van der Waals surface area contributed by atoms with E-state index >= 15 is 0 Å². The third-order valence-corrected chi connectivity index (χ3v) is 5.94. The predicted molar refractivity (Wildman–Crippen MR) is 90.3 cm³/mol. The number of rotatable bonds is 4. The molecule has 3 nitrogen and oxygen atoms in total. The number of hydrogen-bond donors (Lipinski definition) is 2. The third-order valence-electron chi connectivity index (χ3n) is 5.63. The summed E-state index contributed by atoms with van der Waals surface area (Å²) in [5.74, 6) is 0.0830. The standard InChI is InChI=1S/C18H24ClFN2O/c1-2-18(17(23)12-5-7-21-8-6-12)11-22-10-14(18)13-3-4-15(19)16(20)9-13/h3-4,9,12,14,21-22H,2,5-8,10-11H2,1H3/t14-,18-/m1/s1. The summed E-state index contributed by atoms with van der Waals surface area (Å²) in [6.07, 6.45) is 2.59. The summed E-state index contributed by atoms with van der Waals surface area (Å²) in [5, 5.41) is 6.82. The molecule has 0 aromatic heterocycles. The van der Waals surface area contributed by atoms with E-state index in [0.717, 1.165) is 37.9 Å². The van der Waals surface area contributed by atoms with Gasteiger partial charge in [0.25, 0.3) is 0 Å². The number of halogens is 2. The Kier molecular flexibility index (Phi) is 5.04. The Bertz CT molecular complexity index is 588. The van der Waals surface area contributed by atoms with Crippen LogP contribution in [-0.4, -0.2) is 32.0 Å². The van der Waals surface area contributed by atoms with Gasteiger partial charge >= 0.3 is 0 Å². The Balaban J connectivity index is 1.92. The van der Waals surface area contributed by atoms with Crippen LogP contribution in [0.1, 0.15) is 37.7 Å². The van der Waals surface area contributed by atoms with Crippen molar-refractivity contribution < 1.29 is 9.18 Å². The largest absolute Gasteiger partial charge is 0.317 e. The van der Waals surface area contributed by atoms with Gasteiger partial charge in [-0.2, -0.15) is 0 Å². The smallest absolute Gasteiger partial charge is 0.144 e. The number of hydrogen-bond acceptors (Lipinski definition) is 3. The zero-order chi connectivity index (χ0) is 16.4. The van der Waals surface area contributed by atoms with Crippen molar-refractivity contribution in [2.24, 2.45) is 11.3 Å². The first-order chi connectivity index (χ1) is 11.1. The molecule has 0 radical (unpaired) electrons. The zero-order valence-electron chi connectivity index (χ0n) is 13.5. The molecule has 2 N–H and O–H groups in total. The summed E-state index contributed by atoms with van der Waals surface area (Å²) >= 11 is 5.81. The summed E-state index contributed by atoms with van der Waals surface area (Å²) in [5.41, 5.74) is 0.448. The molecule has 2 heterocycles. The summed E-state index contributed by atoms with van der Waals surface area (Å²) in [6, 6.07) is 4.96. The first kappa shape index (κ1) is 16.9. The number of benzene rings is 1. The lowest BCUT2D eigenvalue weighted by atomic mass is 9.65. The molecule has 2 aliphatic rings. The lowest BCUT2D eigenvalue weighted by Gasteiger charge is -2.37. The first-order valence-corrected chi connectivity index (χ1v) is 8.87. The molecule has 3 rings (SSSR count). The molecule has 0 saturated carbocycles. The molecule has 0 bridgehead atoms. The topological polar surface area (TPSA) is 41.1 Å². The number of carbonyl (C=O) groups excluding carboxylic acids is 1. The van der Waals surface area contributed by atoms with Crippen LogP contribution in [0.25, 0.3) is 0 Å². The fraction of sp³-hybridized carbons (Fsp3) is 0.611. The Hall–Kier alpha value is -0.970. The van der Waals surface area contributed by atoms with Gasteiger partial charge in [0.2, 0.25) is 0 Å². The second-order valence-electron chi connectivity index (χ2n) is 6.76. The van der Waals surface area contributed by atoms with Crippen LogP contribution in [0.5, 0.6) is 0 Å². The van der Waals surface area contributed by atoms with Crippen molar-refractivity contribution in [3.63, 3.8) is 0 Å². The average Bonchev–Trinajstić information content (AvgIpc) is 3.02. The Morgan fingerprint density at radius 1 is 1.35 bits per heavy atom. The van der Waals surface area contributed by atoms with Gasteiger partial charge in [0.1, 0.15) is 11.6 Å². The molecule has 23 heavy (non-hydrogen) atoms. The quantitative estimate of drug-likeness (QED) is 0.886. The van der Waals surface area contributed by atoms with Crippen LogP contribution in [0, 0.1) is 17.2 Å². The van der Waals surface area contributed by atoms with Gasteiger partial charge in [0, 0.05) is 30.3 Å². The van der Waals surface area contributed by atoms with E-state index in [1.165, 1.54) is 6.07 Å². The number of ketones is 1. The lowest BCUT2D eigenvalue weighted by molar-refractivity contribution is -0.133. The highest BCUT2D eigenvalue weighted by atomic mass is 35.5. The van der Waals surface area contributed by atoms with E-state index in [0.29, 0.717) is 18.9 Å². The predicted octanol–water partition coefficient (Wildman–Crippen LogP) is 3.13. The second-order valence-corrected chi connectivity index (χ2v) is 7.16. The van der Waals surface area contributed by atoms with Gasteiger partial charge in [0.15, 0.2) is 0 Å². The maximum Gasteiger partial charge on any atom is 0.144 e. The van der Waals surface area contributed by atoms with E-state index in [-0.39, 0.29) is 16.9 Å². The van der Waals surface area contributed by atoms with Crippen LogP contribution in [0.15, 0.2) is 18.2 Å². The Labute approximate surface area is 142 Å². The van der Waals surface area contributed by atoms with Gasteiger partial charge in [-0.15, -0.1) is 0 Å². The molecule has 2 fully saturated rings. The minimum atomic E-state index is -0.428. The number of Topliss-reactive ketones (excluding diaryl/α,β-unsaturated/α-hetero) is 1. The summed E-state index contributed by atoms with van der Waals surface area (Å²) < 4.78 is 13.9. The van der Waals surface area contributed by atoms with Crippen LogP contribution < -0.4 is 10.6 Å². The second kappa shape index (κ2) is 6.88. The molecule has 126 valence electrons. The van der Waals surface area contributed by atoms with Gasteiger partial charge in [-0.25, -0.2) is 4.39 Å². The number of nitrogens with one attached hydrogen (secondary N) is 2. The van der Waals surface area contributed by atoms with Crippen LogP contribution >= 0.6 is 11.6 Å². The van der Waals surface area contributed by atoms with Gasteiger partial charge < -0.3 is 10.6 Å². The van der Waals surface area contributed by atoms with E-state index in [2.05, 4.69) is 17.6 Å². The van der Waals surface area contributed by atoms with Crippen molar-refractivity contribution in [2.45, 2.75) is 32.1 Å². The molecular weight excluding hydrogens is 315 g/mol. The summed E-state index contributed by atoms with van der Waals surface area (Å²) in [6.45, 7) is 5.28. The fourth-order valence-electron chi connectivity index (χ4n) is 4.22. The van der Waals surface area contributed by atoms with E-state index in [1.54, 1.807) is 6.07 Å². The minimum Gasteiger partial charge on any atom is -0.317 e. The molecule has 0 amide bonds. The van der Waals surface area contributed by atoms with Gasteiger partial charge in [-0.3, -0.25) is 4.79 Å². The molecule has 2 saturated heterocycles. The SMILES string of the molecule is CC[C@@]1(C(=O)C2CCNCC2)CNC[C@@H]1c1ccc(Cl)c(F)c1. The molecule has 2 atom stereocenters. The Morgan fingerprint density at radius 3 is 2.74 bits per heavy atom. The molecule has 2 aliphatic heterocycles. The van der Waals surface area contributed by atoms with Crippen molar-refractivity contribution in [2.75, 3.05) is 26.2 Å². The first-order valence-electron chi connectivity index (χ1n) is 8.49. The van der Waals surface area contributed by atoms with Crippen LogP contribution in [0.2, 0.25) is 5.02 Å². The highest BCUT2D eigenvalue weighted by Gasteiger charge is 2.50. The van der Waals surface area contributed by atoms with Crippen LogP contribution in [-0.2, 0) is 4.79 Å². The van der Waals surface area contributed by atoms with Crippen molar-refractivity contribution in [1.82, 2.24) is 10.6 Å². The van der Waals surface area contributed by atoms with Gasteiger partial charge in [-0.05, 0) is 50.0 Å². The number of carbonyl (C=O) groups is 1. The zero-order valence-corrected chi connectivity index (χ0v) is 14.3. The summed E-state index contributed by atoms with van der Waals surface area (Å²) in [4.78, 5) is 13.3. The minimum absolute atomic E-state index is 0.0154. The monoisotopic (exact) mass is 338 g/mol. The third kappa shape index (κ3) is 3.04. The average molecular weight is 339 g/mol. The highest BCUT2D eigenvalue weighted by Crippen LogP contribution is 2.45.